The van der Waals surface area contributed by atoms with Crippen molar-refractivity contribution in [1.82, 2.24) is 0 Å². The van der Waals surface area contributed by atoms with Gasteiger partial charge in [0.05, 0.1) is 0 Å². The van der Waals surface area contributed by atoms with E-state index in [1.807, 2.05) is 0 Å². The minimum Gasteiger partial charge on any atom is -0.0619 e. The van der Waals surface area contributed by atoms with Crippen LogP contribution in [0.3, 0.4) is 0 Å². The number of hydrogen-bond acceptors (Lipinski definition) is 0. The van der Waals surface area contributed by atoms with E-state index >= 15 is 0 Å². The van der Waals surface area contributed by atoms with Gasteiger partial charge in [0.15, 0.2) is 0 Å². The maximum absolute atomic E-state index is 2.55. The van der Waals surface area contributed by atoms with Gasteiger partial charge in [0, 0.05) is 0 Å². The van der Waals surface area contributed by atoms with Crippen molar-refractivity contribution in [3.05, 3.63) is 0 Å². The predicted molar refractivity (Wildman–Crippen MR) is 66.7 cm³/mol. The Bertz CT molecular complexity index is 274. The minimum atomic E-state index is 0.519. The fourth-order valence-corrected chi connectivity index (χ4v) is 4.87. The highest BCUT2D eigenvalue weighted by atomic mass is 14.7. The smallest absolute Gasteiger partial charge is 0.0243 e. The standard InChI is InChI=1S/C15H28/c1-10-8-13(3,4)12-9-15(10,7)14(5,6)11(12)2/h10-12H,8-9H2,1-7H3. The van der Waals surface area contributed by atoms with Crippen molar-refractivity contribution < 1.29 is 0 Å². The van der Waals surface area contributed by atoms with Crippen molar-refractivity contribution in [2.45, 2.75) is 61.3 Å². The highest BCUT2D eigenvalue weighted by molar-refractivity contribution is 5.11. The molecule has 2 aliphatic carbocycles. The third kappa shape index (κ3) is 1.20. The van der Waals surface area contributed by atoms with Gasteiger partial charge in [0.25, 0.3) is 0 Å². The normalized spacial score (nSPS) is 51.8. The summed E-state index contributed by atoms with van der Waals surface area (Å²) in [5.41, 5.74) is 1.66. The molecule has 0 spiro atoms. The largest absolute Gasteiger partial charge is 0.0619 e. The Kier molecular flexibility index (Phi) is 2.15. The third-order valence-electron chi connectivity index (χ3n) is 6.78. The van der Waals surface area contributed by atoms with E-state index < -0.39 is 0 Å². The minimum absolute atomic E-state index is 0.519. The average Bonchev–Trinajstić information content (AvgIpc) is 2.24. The van der Waals surface area contributed by atoms with E-state index in [9.17, 15) is 0 Å². The summed E-state index contributed by atoms with van der Waals surface area (Å²) in [5, 5.41) is 0. The van der Waals surface area contributed by atoms with E-state index in [0.29, 0.717) is 16.2 Å². The molecule has 15 heavy (non-hydrogen) atoms. The number of rotatable bonds is 0. The molecule has 2 fully saturated rings. The molecule has 0 radical (unpaired) electrons. The van der Waals surface area contributed by atoms with Crippen molar-refractivity contribution in [2.24, 2.45) is 34.0 Å². The monoisotopic (exact) mass is 208 g/mol. The molecule has 4 atom stereocenters. The molecule has 0 amide bonds. The van der Waals surface area contributed by atoms with Gasteiger partial charge in [-0.15, -0.1) is 0 Å². The Morgan fingerprint density at radius 2 is 1.40 bits per heavy atom. The van der Waals surface area contributed by atoms with Crippen LogP contribution >= 0.6 is 0 Å². The van der Waals surface area contributed by atoms with Gasteiger partial charge in [-0.05, 0) is 46.8 Å². The molecule has 2 saturated carbocycles. The van der Waals surface area contributed by atoms with Crippen molar-refractivity contribution in [3.63, 3.8) is 0 Å². The molecule has 88 valence electrons. The summed E-state index contributed by atoms with van der Waals surface area (Å²) in [6, 6.07) is 0. The molecule has 0 heterocycles. The Morgan fingerprint density at radius 3 is 1.93 bits per heavy atom. The predicted octanol–water partition coefficient (Wildman–Crippen LogP) is 4.74. The van der Waals surface area contributed by atoms with Crippen LogP contribution in [0.15, 0.2) is 0 Å². The Labute approximate surface area is 95.8 Å². The third-order valence-corrected chi connectivity index (χ3v) is 6.78. The second-order valence-electron chi connectivity index (χ2n) is 7.83. The van der Waals surface area contributed by atoms with Crippen LogP contribution < -0.4 is 0 Å². The first kappa shape index (κ1) is 11.5. The van der Waals surface area contributed by atoms with Gasteiger partial charge in [-0.3, -0.25) is 0 Å². The second-order valence-corrected chi connectivity index (χ2v) is 7.83. The molecule has 4 unspecified atom stereocenters. The zero-order valence-electron chi connectivity index (χ0n) is 11.6. The quantitative estimate of drug-likeness (QED) is 0.539. The summed E-state index contributed by atoms with van der Waals surface area (Å²) in [4.78, 5) is 0. The summed E-state index contributed by atoms with van der Waals surface area (Å²) < 4.78 is 0. The maximum Gasteiger partial charge on any atom is -0.0243 e. The summed E-state index contributed by atoms with van der Waals surface area (Å²) in [6.07, 6.45) is 2.87. The molecule has 0 N–H and O–H groups in total. The van der Waals surface area contributed by atoms with E-state index in [-0.39, 0.29) is 0 Å². The van der Waals surface area contributed by atoms with Crippen molar-refractivity contribution in [1.29, 1.82) is 0 Å². The Morgan fingerprint density at radius 1 is 0.867 bits per heavy atom. The van der Waals surface area contributed by atoms with E-state index in [0.717, 1.165) is 17.8 Å². The summed E-state index contributed by atoms with van der Waals surface area (Å²) in [6.45, 7) is 17.5. The first-order valence-electron chi connectivity index (χ1n) is 6.63. The highest BCUT2D eigenvalue weighted by Crippen LogP contribution is 2.70. The maximum atomic E-state index is 2.55. The fraction of sp³-hybridized carbons (Fsp3) is 1.00. The first-order valence-corrected chi connectivity index (χ1v) is 6.63. The lowest BCUT2D eigenvalue weighted by molar-refractivity contribution is 0.00648. The SMILES string of the molecule is CC1C2CC(C)(C(C)CC2(C)C)C1(C)C. The van der Waals surface area contributed by atoms with Gasteiger partial charge in [-0.1, -0.05) is 48.5 Å². The van der Waals surface area contributed by atoms with E-state index in [1.165, 1.54) is 12.8 Å². The zero-order chi connectivity index (χ0) is 11.6. The molecule has 0 aliphatic heterocycles. The van der Waals surface area contributed by atoms with Gasteiger partial charge >= 0.3 is 0 Å². The zero-order valence-corrected chi connectivity index (χ0v) is 11.6. The fourth-order valence-electron chi connectivity index (χ4n) is 4.87. The van der Waals surface area contributed by atoms with Crippen LogP contribution in [-0.2, 0) is 0 Å². The molecule has 2 aliphatic rings. The molecule has 0 aromatic carbocycles. The van der Waals surface area contributed by atoms with Crippen molar-refractivity contribution in [3.8, 4) is 0 Å². The summed E-state index contributed by atoms with van der Waals surface area (Å²) in [5.74, 6) is 2.69. The molecule has 0 aromatic heterocycles. The number of hydrogen-bond donors (Lipinski definition) is 0. The van der Waals surface area contributed by atoms with Crippen LogP contribution in [0, 0.1) is 34.0 Å². The first-order chi connectivity index (χ1) is 6.63. The molecule has 2 rings (SSSR count). The lowest BCUT2D eigenvalue weighted by Crippen LogP contribution is -2.40. The topological polar surface area (TPSA) is 0 Å². The van der Waals surface area contributed by atoms with Crippen LogP contribution in [0.2, 0.25) is 0 Å². The molecule has 0 aromatic rings. The van der Waals surface area contributed by atoms with Crippen LogP contribution in [0.5, 0.6) is 0 Å². The van der Waals surface area contributed by atoms with Crippen LogP contribution in [0.4, 0.5) is 0 Å². The Hall–Kier alpha value is 0. The lowest BCUT2D eigenvalue weighted by atomic mass is 9.56. The molecule has 0 heteroatoms. The van der Waals surface area contributed by atoms with Crippen molar-refractivity contribution >= 4 is 0 Å². The second kappa shape index (κ2) is 2.81. The van der Waals surface area contributed by atoms with E-state index in [1.54, 1.807) is 0 Å². The van der Waals surface area contributed by atoms with Crippen LogP contribution in [0.1, 0.15) is 61.3 Å². The van der Waals surface area contributed by atoms with Gasteiger partial charge in [0.2, 0.25) is 0 Å². The van der Waals surface area contributed by atoms with E-state index in [4.69, 9.17) is 0 Å². The van der Waals surface area contributed by atoms with Crippen LogP contribution in [0.25, 0.3) is 0 Å². The summed E-state index contributed by atoms with van der Waals surface area (Å²) >= 11 is 0. The van der Waals surface area contributed by atoms with Gasteiger partial charge in [-0.25, -0.2) is 0 Å². The molecule has 0 saturated heterocycles. The molecular weight excluding hydrogens is 180 g/mol. The lowest BCUT2D eigenvalue weighted by Gasteiger charge is -2.48. The van der Waals surface area contributed by atoms with Gasteiger partial charge in [-0.2, -0.15) is 0 Å². The van der Waals surface area contributed by atoms with Crippen molar-refractivity contribution in [2.75, 3.05) is 0 Å². The highest BCUT2D eigenvalue weighted by Gasteiger charge is 2.63. The van der Waals surface area contributed by atoms with Crippen LogP contribution in [-0.4, -0.2) is 0 Å². The average molecular weight is 208 g/mol. The van der Waals surface area contributed by atoms with Gasteiger partial charge < -0.3 is 0 Å². The number of fused-ring (bicyclic) bond motifs is 2. The molecular formula is C15H28. The van der Waals surface area contributed by atoms with E-state index in [2.05, 4.69) is 48.5 Å². The molecule has 0 nitrogen and oxygen atoms in total. The van der Waals surface area contributed by atoms with Gasteiger partial charge in [0.1, 0.15) is 0 Å². The summed E-state index contributed by atoms with van der Waals surface area (Å²) in [7, 11) is 0. The molecule has 2 bridgehead atoms. The Balaban J connectivity index is 2.47.